The fourth-order valence-electron chi connectivity index (χ4n) is 6.36. The highest BCUT2D eigenvalue weighted by atomic mass is 28.4. The molecule has 4 N–H and O–H groups in total. The maximum atomic E-state index is 12.2. The summed E-state index contributed by atoms with van der Waals surface area (Å²) in [4.78, 5) is 48.7. The molecule has 0 spiro atoms. The second-order valence-corrected chi connectivity index (χ2v) is 19.2. The van der Waals surface area contributed by atoms with Crippen molar-refractivity contribution in [3.8, 4) is 0 Å². The molecular weight excluding hydrogens is 585 g/mol. The molecule has 0 bridgehead atoms. The number of fused-ring (bicyclic) bond motifs is 2. The summed E-state index contributed by atoms with van der Waals surface area (Å²) in [7, 11) is -5.95. The summed E-state index contributed by atoms with van der Waals surface area (Å²) in [6.45, 7) is 8.08. The lowest BCUT2D eigenvalue weighted by atomic mass is 9.99. The van der Waals surface area contributed by atoms with Crippen molar-refractivity contribution in [2.24, 2.45) is 0 Å². The third-order valence-corrected chi connectivity index (χ3v) is 19.2. The Kier molecular flexibility index (Phi) is 8.90. The van der Waals surface area contributed by atoms with Crippen LogP contribution in [0.2, 0.25) is 24.2 Å². The molecule has 0 aliphatic rings. The maximum Gasteiger partial charge on any atom is 0.336 e. The quantitative estimate of drug-likeness (QED) is 0.142. The van der Waals surface area contributed by atoms with E-state index >= 15 is 0 Å². The molecule has 4 rings (SSSR count). The summed E-state index contributed by atoms with van der Waals surface area (Å²) >= 11 is 0. The third-order valence-electron chi connectivity index (χ3n) is 8.66. The van der Waals surface area contributed by atoms with Gasteiger partial charge in [0.25, 0.3) is 0 Å². The monoisotopic (exact) mass is 618 g/mol. The van der Waals surface area contributed by atoms with E-state index in [1.165, 1.54) is 24.3 Å². The van der Waals surface area contributed by atoms with Crippen LogP contribution in [0.25, 0.3) is 21.5 Å². The highest BCUT2D eigenvalue weighted by Gasteiger charge is 2.46. The van der Waals surface area contributed by atoms with Gasteiger partial charge >= 0.3 is 23.9 Å². The van der Waals surface area contributed by atoms with E-state index in [9.17, 15) is 39.6 Å². The predicted molar refractivity (Wildman–Crippen MR) is 170 cm³/mol. The average molecular weight is 619 g/mol. The highest BCUT2D eigenvalue weighted by Crippen LogP contribution is 2.34. The van der Waals surface area contributed by atoms with Gasteiger partial charge in [-0.3, -0.25) is 0 Å². The zero-order chi connectivity index (χ0) is 31.7. The van der Waals surface area contributed by atoms with Crippen LogP contribution < -0.4 is 10.4 Å². The summed E-state index contributed by atoms with van der Waals surface area (Å²) in [5, 5.41) is 42.8. The zero-order valence-electron chi connectivity index (χ0n) is 24.4. The topological polar surface area (TPSA) is 158 Å². The Morgan fingerprint density at radius 1 is 0.512 bits per heavy atom. The normalized spacial score (nSPS) is 12.0. The van der Waals surface area contributed by atoms with Gasteiger partial charge in [-0.05, 0) is 69.6 Å². The number of hydrogen-bond donors (Lipinski definition) is 4. The van der Waals surface area contributed by atoms with E-state index in [1.807, 2.05) is 27.7 Å². The number of hydrogen-bond acceptors (Lipinski definition) is 5. The van der Waals surface area contributed by atoms with Gasteiger partial charge in [0.2, 0.25) is 16.6 Å². The first-order valence-corrected chi connectivity index (χ1v) is 18.8. The standard InChI is InChI=1S/C32H34O9Si2/c1-5-42(6-2,25-17-15-23(31(37)38)27-19(25)11-9-13-21(27)29(33)34)41-43(7-3,8-4)26-18-16-24(32(39)40)28-20(26)12-10-14-22(28)30(35)36/h9-18H,5-8H2,1-4H3,(H,33,34)(H,35,36)(H,37,38)(H,39,40). The van der Waals surface area contributed by atoms with Crippen LogP contribution in [0, 0.1) is 0 Å². The van der Waals surface area contributed by atoms with E-state index in [0.717, 1.165) is 10.4 Å². The van der Waals surface area contributed by atoms with Crippen LogP contribution in [-0.4, -0.2) is 60.9 Å². The van der Waals surface area contributed by atoms with Gasteiger partial charge in [0.15, 0.2) is 0 Å². The third kappa shape index (κ3) is 5.24. The Morgan fingerprint density at radius 3 is 1.09 bits per heavy atom. The number of carboxylic acid groups (broad SMARTS) is 4. The van der Waals surface area contributed by atoms with Gasteiger partial charge in [-0.15, -0.1) is 0 Å². The summed E-state index contributed by atoms with van der Waals surface area (Å²) in [5.41, 5.74) is -0.397. The lowest BCUT2D eigenvalue weighted by molar-refractivity contribution is 0.0681. The number of rotatable bonds is 12. The largest absolute Gasteiger partial charge is 0.478 e. The Morgan fingerprint density at radius 2 is 0.814 bits per heavy atom. The van der Waals surface area contributed by atoms with Crippen LogP contribution in [0.15, 0.2) is 60.7 Å². The summed E-state index contributed by atoms with van der Waals surface area (Å²) in [5.74, 6) is -4.90. The fourth-order valence-corrected chi connectivity index (χ4v) is 17.2. The summed E-state index contributed by atoms with van der Waals surface area (Å²) in [6.07, 6.45) is 0. The van der Waals surface area contributed by atoms with Gasteiger partial charge in [0, 0.05) is 10.8 Å². The molecule has 0 saturated heterocycles. The SMILES string of the molecule is CC[Si](CC)(O[Si](CC)(CC)c1ccc(C(=O)O)c2c(C(=O)O)cccc12)c1ccc(C(=O)O)c2c(C(=O)O)cccc12. The Balaban J connectivity index is 2.06. The average Bonchev–Trinajstić information content (AvgIpc) is 3.00. The molecule has 43 heavy (non-hydrogen) atoms. The van der Waals surface area contributed by atoms with Crippen molar-refractivity contribution in [2.45, 2.75) is 51.9 Å². The van der Waals surface area contributed by atoms with Crippen molar-refractivity contribution < 1.29 is 43.7 Å². The molecule has 11 heteroatoms. The maximum absolute atomic E-state index is 12.2. The van der Waals surface area contributed by atoms with Gasteiger partial charge in [-0.1, -0.05) is 64.1 Å². The molecule has 4 aromatic rings. The molecule has 0 heterocycles. The van der Waals surface area contributed by atoms with Crippen molar-refractivity contribution in [2.75, 3.05) is 0 Å². The lowest BCUT2D eigenvalue weighted by Crippen LogP contribution is -2.62. The minimum Gasteiger partial charge on any atom is -0.478 e. The van der Waals surface area contributed by atoms with Crippen LogP contribution in [0.3, 0.4) is 0 Å². The second kappa shape index (κ2) is 12.1. The molecule has 0 unspecified atom stereocenters. The predicted octanol–water partition coefficient (Wildman–Crippen LogP) is 5.89. The van der Waals surface area contributed by atoms with Crippen LogP contribution >= 0.6 is 0 Å². The molecule has 0 radical (unpaired) electrons. The number of aromatic carboxylic acids is 4. The van der Waals surface area contributed by atoms with Crippen molar-refractivity contribution in [3.63, 3.8) is 0 Å². The van der Waals surface area contributed by atoms with Crippen LogP contribution in [-0.2, 0) is 4.12 Å². The first-order chi connectivity index (χ1) is 20.4. The van der Waals surface area contributed by atoms with Crippen LogP contribution in [0.5, 0.6) is 0 Å². The Hall–Kier alpha value is -4.33. The minimum absolute atomic E-state index is 0.0993. The number of carboxylic acids is 4. The fraction of sp³-hybridized carbons (Fsp3) is 0.250. The first-order valence-electron chi connectivity index (χ1n) is 14.2. The number of benzene rings is 4. The molecule has 9 nitrogen and oxygen atoms in total. The molecule has 0 aromatic heterocycles. The summed E-state index contributed by atoms with van der Waals surface area (Å²) in [6, 6.07) is 18.4. The van der Waals surface area contributed by atoms with Gasteiger partial charge in [-0.25, -0.2) is 19.2 Å². The summed E-state index contributed by atoms with van der Waals surface area (Å²) < 4.78 is 7.50. The van der Waals surface area contributed by atoms with E-state index in [4.69, 9.17) is 4.12 Å². The van der Waals surface area contributed by atoms with Crippen molar-refractivity contribution >= 4 is 72.4 Å². The van der Waals surface area contributed by atoms with Crippen LogP contribution in [0.1, 0.15) is 69.1 Å². The molecular formula is C32H34O9Si2. The lowest BCUT2D eigenvalue weighted by Gasteiger charge is -2.42. The van der Waals surface area contributed by atoms with E-state index in [0.29, 0.717) is 34.9 Å². The highest BCUT2D eigenvalue weighted by molar-refractivity contribution is 7.00. The van der Waals surface area contributed by atoms with E-state index in [2.05, 4.69) is 0 Å². The van der Waals surface area contributed by atoms with E-state index in [1.54, 1.807) is 36.4 Å². The van der Waals surface area contributed by atoms with Crippen LogP contribution in [0.4, 0.5) is 0 Å². The molecule has 0 amide bonds. The molecule has 0 aliphatic carbocycles. The molecule has 0 saturated carbocycles. The molecule has 4 aromatic carbocycles. The van der Waals surface area contributed by atoms with Crippen molar-refractivity contribution in [1.82, 2.24) is 0 Å². The minimum atomic E-state index is -2.97. The molecule has 0 aliphatic heterocycles. The van der Waals surface area contributed by atoms with E-state index < -0.39 is 40.5 Å². The second-order valence-electron chi connectivity index (χ2n) is 10.5. The van der Waals surface area contributed by atoms with E-state index in [-0.39, 0.29) is 33.0 Å². The van der Waals surface area contributed by atoms with Crippen molar-refractivity contribution in [1.29, 1.82) is 0 Å². The molecule has 0 atom stereocenters. The van der Waals surface area contributed by atoms with Crippen molar-refractivity contribution in [3.05, 3.63) is 82.9 Å². The zero-order valence-corrected chi connectivity index (χ0v) is 26.4. The van der Waals surface area contributed by atoms with Gasteiger partial charge < -0.3 is 24.5 Å². The number of carbonyl (C=O) groups is 4. The van der Waals surface area contributed by atoms with Gasteiger partial charge in [0.1, 0.15) is 0 Å². The first kappa shape index (κ1) is 31.6. The van der Waals surface area contributed by atoms with Gasteiger partial charge in [-0.2, -0.15) is 0 Å². The Bertz CT molecular complexity index is 1600. The Labute approximate surface area is 250 Å². The smallest absolute Gasteiger partial charge is 0.336 e. The molecule has 224 valence electrons. The van der Waals surface area contributed by atoms with Gasteiger partial charge in [0.05, 0.1) is 22.3 Å². The molecule has 0 fully saturated rings.